The molecule has 96 valence electrons. The average molecular weight is 246 g/mol. The van der Waals surface area contributed by atoms with E-state index in [4.69, 9.17) is 14.9 Å². The summed E-state index contributed by atoms with van der Waals surface area (Å²) in [6.07, 6.45) is 6.11. The van der Waals surface area contributed by atoms with Crippen LogP contribution in [0.15, 0.2) is 0 Å². The first-order valence-corrected chi connectivity index (χ1v) is 7.93. The van der Waals surface area contributed by atoms with Crippen LogP contribution in [-0.4, -0.2) is 48.3 Å². The van der Waals surface area contributed by atoms with Gasteiger partial charge < -0.3 is 20.2 Å². The Balaban J connectivity index is 1.77. The van der Waals surface area contributed by atoms with Gasteiger partial charge in [-0.2, -0.15) is 0 Å². The fraction of sp³-hybridized carbons (Fsp3) is 1.00. The first-order chi connectivity index (χ1) is 7.93. The molecule has 0 aromatic carbocycles. The summed E-state index contributed by atoms with van der Waals surface area (Å²) in [5.41, 5.74) is 5.87. The fourth-order valence-corrected chi connectivity index (χ4v) is 3.19. The van der Waals surface area contributed by atoms with Crippen molar-refractivity contribution in [3.63, 3.8) is 0 Å². The van der Waals surface area contributed by atoms with Crippen molar-refractivity contribution in [2.75, 3.05) is 32.8 Å². The Kier molecular flexibility index (Phi) is 9.02. The van der Waals surface area contributed by atoms with E-state index in [2.05, 4.69) is 5.32 Å². The minimum atomic E-state index is -0.441. The van der Waals surface area contributed by atoms with Crippen molar-refractivity contribution in [1.29, 1.82) is 0 Å². The van der Waals surface area contributed by atoms with Crippen LogP contribution >= 0.6 is 0 Å². The zero-order valence-corrected chi connectivity index (χ0v) is 11.7. The fourth-order valence-electron chi connectivity index (χ4n) is 1.83. The van der Waals surface area contributed by atoms with Crippen LogP contribution in [0.3, 0.4) is 0 Å². The quantitative estimate of drug-likeness (QED) is 0.442. The van der Waals surface area contributed by atoms with Crippen LogP contribution < -0.4 is 11.1 Å². The highest BCUT2D eigenvalue weighted by atomic mass is 28.2. The normalized spacial score (nSPS) is 21.9. The zero-order chi connectivity index (χ0) is 11.5. The second-order valence-corrected chi connectivity index (χ2v) is 5.96. The number of unbranched alkanes of at least 4 members (excludes halogenated alkanes) is 1. The van der Waals surface area contributed by atoms with Crippen molar-refractivity contribution in [2.45, 2.75) is 37.8 Å². The van der Waals surface area contributed by atoms with Crippen LogP contribution in [0, 0.1) is 0 Å². The molecule has 5 heteroatoms. The Bertz CT molecular complexity index is 155. The second-order valence-electron chi connectivity index (χ2n) is 4.31. The minimum absolute atomic E-state index is 0.441. The molecule has 1 atom stereocenters. The van der Waals surface area contributed by atoms with E-state index in [0.717, 1.165) is 39.3 Å². The first kappa shape index (κ1) is 14.1. The molecule has 1 rings (SSSR count). The molecule has 0 spiro atoms. The summed E-state index contributed by atoms with van der Waals surface area (Å²) in [4.78, 5) is 0. The van der Waals surface area contributed by atoms with Gasteiger partial charge in [0.1, 0.15) is 0 Å². The molecule has 1 unspecified atom stereocenters. The number of hydrogen-bond donors (Lipinski definition) is 2. The Morgan fingerprint density at radius 2 is 2.25 bits per heavy atom. The summed E-state index contributed by atoms with van der Waals surface area (Å²) in [7, 11) is -0.441. The van der Waals surface area contributed by atoms with E-state index in [1.165, 1.54) is 25.7 Å². The molecule has 0 aliphatic carbocycles. The minimum Gasteiger partial charge on any atom is -0.421 e. The molecule has 1 fully saturated rings. The molecule has 0 bridgehead atoms. The third kappa shape index (κ3) is 7.35. The van der Waals surface area contributed by atoms with E-state index in [1.807, 2.05) is 0 Å². The largest absolute Gasteiger partial charge is 0.421 e. The lowest BCUT2D eigenvalue weighted by molar-refractivity contribution is 0.0549. The third-order valence-electron chi connectivity index (χ3n) is 2.79. The highest BCUT2D eigenvalue weighted by Gasteiger charge is 2.14. The molecule has 0 radical (unpaired) electrons. The van der Waals surface area contributed by atoms with Crippen molar-refractivity contribution in [3.8, 4) is 0 Å². The van der Waals surface area contributed by atoms with E-state index in [0.29, 0.717) is 5.73 Å². The van der Waals surface area contributed by atoms with Gasteiger partial charge in [-0.15, -0.1) is 0 Å². The van der Waals surface area contributed by atoms with Gasteiger partial charge in [-0.25, -0.2) is 0 Å². The summed E-state index contributed by atoms with van der Waals surface area (Å²) >= 11 is 0. The molecule has 16 heavy (non-hydrogen) atoms. The molecular formula is C11H26N2O2Si. The second kappa shape index (κ2) is 10.2. The van der Waals surface area contributed by atoms with Gasteiger partial charge in [-0.3, -0.25) is 0 Å². The monoisotopic (exact) mass is 246 g/mol. The number of ether oxygens (including phenoxy) is 1. The predicted molar refractivity (Wildman–Crippen MR) is 69.2 cm³/mol. The van der Waals surface area contributed by atoms with E-state index in [-0.39, 0.29) is 0 Å². The number of hydrogen-bond acceptors (Lipinski definition) is 4. The van der Waals surface area contributed by atoms with Gasteiger partial charge in [0.25, 0.3) is 0 Å². The van der Waals surface area contributed by atoms with E-state index in [9.17, 15) is 0 Å². The smallest absolute Gasteiger partial charge is 0.190 e. The molecule has 0 aromatic rings. The van der Waals surface area contributed by atoms with Gasteiger partial charge in [0.05, 0.1) is 5.73 Å². The predicted octanol–water partition coefficient (Wildman–Crippen LogP) is -0.0581. The zero-order valence-electron chi connectivity index (χ0n) is 10.2. The van der Waals surface area contributed by atoms with Crippen LogP contribution in [0.4, 0.5) is 0 Å². The van der Waals surface area contributed by atoms with Crippen molar-refractivity contribution in [1.82, 2.24) is 5.32 Å². The van der Waals surface area contributed by atoms with Crippen LogP contribution in [0.25, 0.3) is 0 Å². The number of nitrogens with one attached hydrogen (secondary N) is 1. The molecule has 1 aliphatic rings. The van der Waals surface area contributed by atoms with Crippen LogP contribution in [-0.2, 0) is 9.16 Å². The Labute approximate surface area is 101 Å². The Hall–Kier alpha value is 0.0569. The summed E-state index contributed by atoms with van der Waals surface area (Å²) < 4.78 is 11.4. The molecule has 3 N–H and O–H groups in total. The van der Waals surface area contributed by atoms with Gasteiger partial charge >= 0.3 is 0 Å². The highest BCUT2D eigenvalue weighted by molar-refractivity contribution is 6.29. The average Bonchev–Trinajstić information content (AvgIpc) is 2.34. The van der Waals surface area contributed by atoms with E-state index >= 15 is 0 Å². The van der Waals surface area contributed by atoms with Gasteiger partial charge in [0.2, 0.25) is 0 Å². The van der Waals surface area contributed by atoms with Crippen molar-refractivity contribution in [2.24, 2.45) is 5.73 Å². The van der Waals surface area contributed by atoms with Crippen LogP contribution in [0.5, 0.6) is 0 Å². The highest BCUT2D eigenvalue weighted by Crippen LogP contribution is 2.11. The van der Waals surface area contributed by atoms with Crippen molar-refractivity contribution in [3.05, 3.63) is 0 Å². The lowest BCUT2D eigenvalue weighted by Crippen LogP contribution is -2.27. The van der Waals surface area contributed by atoms with Gasteiger partial charge in [0.15, 0.2) is 9.76 Å². The summed E-state index contributed by atoms with van der Waals surface area (Å²) in [6, 6.07) is 0. The molecule has 0 amide bonds. The molecule has 1 heterocycles. The summed E-state index contributed by atoms with van der Waals surface area (Å²) in [6.45, 7) is 4.57. The molecule has 1 aliphatic heterocycles. The summed E-state index contributed by atoms with van der Waals surface area (Å²) in [5, 5.41) is 3.28. The van der Waals surface area contributed by atoms with Gasteiger partial charge in [-0.05, 0) is 38.6 Å². The Morgan fingerprint density at radius 3 is 3.00 bits per heavy atom. The lowest BCUT2D eigenvalue weighted by atomic mass is 10.2. The molecule has 1 saturated heterocycles. The molecule has 0 aromatic heterocycles. The van der Waals surface area contributed by atoms with Gasteiger partial charge in [-0.1, -0.05) is 0 Å². The SMILES string of the molecule is NCCNCCCCO[SiH2]C1CCCCO1. The topological polar surface area (TPSA) is 56.5 Å². The maximum absolute atomic E-state index is 5.74. The molecule has 4 nitrogen and oxygen atoms in total. The first-order valence-electron chi connectivity index (χ1n) is 6.53. The maximum atomic E-state index is 5.74. The Morgan fingerprint density at radius 1 is 1.31 bits per heavy atom. The number of nitrogens with two attached hydrogens (primary N) is 1. The third-order valence-corrected chi connectivity index (χ3v) is 4.33. The van der Waals surface area contributed by atoms with E-state index in [1.54, 1.807) is 0 Å². The van der Waals surface area contributed by atoms with Crippen LogP contribution in [0.1, 0.15) is 32.1 Å². The molecular weight excluding hydrogens is 220 g/mol. The van der Waals surface area contributed by atoms with Gasteiger partial charge in [0, 0.05) is 26.3 Å². The molecule has 0 saturated carbocycles. The maximum Gasteiger partial charge on any atom is 0.190 e. The standard InChI is InChI=1S/C11H26N2O2Si/c12-6-8-13-7-2-4-10-15-16-11-5-1-3-9-14-11/h11,13H,1-10,12,16H2. The van der Waals surface area contributed by atoms with Crippen LogP contribution in [0.2, 0.25) is 0 Å². The van der Waals surface area contributed by atoms with E-state index < -0.39 is 9.76 Å². The lowest BCUT2D eigenvalue weighted by Gasteiger charge is -2.21. The summed E-state index contributed by atoms with van der Waals surface area (Å²) in [5.74, 6) is 0. The number of rotatable bonds is 9. The van der Waals surface area contributed by atoms with Crippen molar-refractivity contribution < 1.29 is 9.16 Å². The van der Waals surface area contributed by atoms with Crippen molar-refractivity contribution >= 4 is 9.76 Å².